The van der Waals surface area contributed by atoms with Gasteiger partial charge in [-0.1, -0.05) is 0 Å². The van der Waals surface area contributed by atoms with Crippen molar-refractivity contribution in [3.05, 3.63) is 48.8 Å². The van der Waals surface area contributed by atoms with Crippen LogP contribution in [0.1, 0.15) is 6.92 Å². The lowest BCUT2D eigenvalue weighted by atomic mass is 10.2. The third-order valence-corrected chi connectivity index (χ3v) is 6.18. The van der Waals surface area contributed by atoms with Crippen LogP contribution in [0.4, 0.5) is 5.69 Å². The summed E-state index contributed by atoms with van der Waals surface area (Å²) in [5.41, 5.74) is 0.719. The van der Waals surface area contributed by atoms with Crippen molar-refractivity contribution in [3.63, 3.8) is 0 Å². The minimum atomic E-state index is -3.76. The molecule has 8 heteroatoms. The van der Waals surface area contributed by atoms with Crippen molar-refractivity contribution in [1.82, 2.24) is 9.29 Å². The number of nitrogens with zero attached hydrogens (tertiary/aromatic N) is 3. The molecule has 1 aromatic carbocycles. The Labute approximate surface area is 146 Å². The number of rotatable bonds is 4. The number of hydrogen-bond donors (Lipinski definition) is 0. The molecule has 1 aromatic heterocycles. The van der Waals surface area contributed by atoms with Gasteiger partial charge in [-0.3, -0.25) is 9.78 Å². The molecule has 1 amide bonds. The molecule has 0 N–H and O–H groups in total. The Kier molecular flexibility index (Phi) is 4.73. The van der Waals surface area contributed by atoms with Gasteiger partial charge in [0, 0.05) is 31.2 Å². The largest absolute Gasteiger partial charge is 0.497 e. The standard InChI is InChI=1S/C17H19N3O4S/c1-13-17(21)19(14-5-7-15(24-2)8-6-14)10-11-20(13)25(22,23)16-4-3-9-18-12-16/h3-9,12-13H,10-11H2,1-2H3. The quantitative estimate of drug-likeness (QED) is 0.825. The van der Waals surface area contributed by atoms with Gasteiger partial charge in [-0.15, -0.1) is 0 Å². The maximum Gasteiger partial charge on any atom is 0.245 e. The average Bonchev–Trinajstić information content (AvgIpc) is 2.64. The topological polar surface area (TPSA) is 79.8 Å². The van der Waals surface area contributed by atoms with Gasteiger partial charge >= 0.3 is 0 Å². The summed E-state index contributed by atoms with van der Waals surface area (Å²) in [5.74, 6) is 0.436. The van der Waals surface area contributed by atoms with E-state index >= 15 is 0 Å². The molecule has 132 valence electrons. The van der Waals surface area contributed by atoms with E-state index in [1.807, 2.05) is 0 Å². The van der Waals surface area contributed by atoms with Crippen molar-refractivity contribution < 1.29 is 17.9 Å². The fourth-order valence-corrected chi connectivity index (χ4v) is 4.38. The first-order valence-electron chi connectivity index (χ1n) is 7.82. The van der Waals surface area contributed by atoms with Crippen molar-refractivity contribution in [3.8, 4) is 5.75 Å². The maximum absolute atomic E-state index is 12.8. The number of carbonyl (C=O) groups is 1. The molecule has 1 atom stereocenters. The molecule has 3 rings (SSSR count). The Hall–Kier alpha value is -2.45. The van der Waals surface area contributed by atoms with Crippen molar-refractivity contribution in [2.45, 2.75) is 17.9 Å². The number of methoxy groups -OCH3 is 1. The third-order valence-electron chi connectivity index (χ3n) is 4.22. The first-order chi connectivity index (χ1) is 11.9. The lowest BCUT2D eigenvalue weighted by Gasteiger charge is -2.38. The summed E-state index contributed by atoms with van der Waals surface area (Å²) >= 11 is 0. The molecule has 1 fully saturated rings. The number of pyridine rings is 1. The molecule has 0 saturated carbocycles. The number of piperazine rings is 1. The summed E-state index contributed by atoms with van der Waals surface area (Å²) in [6.07, 6.45) is 2.80. The van der Waals surface area contributed by atoms with Crippen LogP contribution in [0.2, 0.25) is 0 Å². The highest BCUT2D eigenvalue weighted by atomic mass is 32.2. The van der Waals surface area contributed by atoms with Crippen LogP contribution in [0.5, 0.6) is 5.75 Å². The number of anilines is 1. The number of aromatic nitrogens is 1. The lowest BCUT2D eigenvalue weighted by molar-refractivity contribution is -0.123. The van der Waals surface area contributed by atoms with Crippen LogP contribution in [-0.4, -0.2) is 49.9 Å². The molecule has 0 aliphatic carbocycles. The van der Waals surface area contributed by atoms with Crippen LogP contribution in [0.25, 0.3) is 0 Å². The minimum absolute atomic E-state index is 0.0903. The lowest BCUT2D eigenvalue weighted by Crippen LogP contribution is -2.57. The predicted molar refractivity (Wildman–Crippen MR) is 92.9 cm³/mol. The summed E-state index contributed by atoms with van der Waals surface area (Å²) in [4.78, 5) is 18.3. The highest BCUT2D eigenvalue weighted by molar-refractivity contribution is 7.89. The Morgan fingerprint density at radius 1 is 1.16 bits per heavy atom. The van der Waals surface area contributed by atoms with Crippen molar-refractivity contribution >= 4 is 21.6 Å². The van der Waals surface area contributed by atoms with Crippen LogP contribution in [0.3, 0.4) is 0 Å². The molecule has 1 aliphatic rings. The highest BCUT2D eigenvalue weighted by Gasteiger charge is 2.39. The maximum atomic E-state index is 12.8. The molecule has 2 aromatic rings. The Morgan fingerprint density at radius 2 is 1.88 bits per heavy atom. The molecule has 0 bridgehead atoms. The van der Waals surface area contributed by atoms with Crippen LogP contribution < -0.4 is 9.64 Å². The predicted octanol–water partition coefficient (Wildman–Crippen LogP) is 1.52. The van der Waals surface area contributed by atoms with E-state index in [0.717, 1.165) is 5.69 Å². The van der Waals surface area contributed by atoms with Gasteiger partial charge in [0.05, 0.1) is 7.11 Å². The van der Waals surface area contributed by atoms with E-state index in [1.165, 1.54) is 22.8 Å². The van der Waals surface area contributed by atoms with Crippen LogP contribution in [0.15, 0.2) is 53.7 Å². The minimum Gasteiger partial charge on any atom is -0.497 e. The second-order valence-corrected chi connectivity index (χ2v) is 7.56. The van der Waals surface area contributed by atoms with Gasteiger partial charge in [-0.25, -0.2) is 8.42 Å². The zero-order chi connectivity index (χ0) is 18.0. The molecule has 1 saturated heterocycles. The Morgan fingerprint density at radius 3 is 2.48 bits per heavy atom. The van der Waals surface area contributed by atoms with E-state index in [4.69, 9.17) is 4.74 Å². The molecular formula is C17H19N3O4S. The third kappa shape index (κ3) is 3.22. The van der Waals surface area contributed by atoms with E-state index < -0.39 is 16.1 Å². The van der Waals surface area contributed by atoms with Gasteiger partial charge in [-0.05, 0) is 43.3 Å². The number of carbonyl (C=O) groups excluding carboxylic acids is 1. The molecule has 0 spiro atoms. The zero-order valence-corrected chi connectivity index (χ0v) is 14.8. The molecule has 0 radical (unpaired) electrons. The smallest absolute Gasteiger partial charge is 0.245 e. The normalized spacial score (nSPS) is 19.0. The summed E-state index contributed by atoms with van der Waals surface area (Å²) in [7, 11) is -2.18. The van der Waals surface area contributed by atoms with E-state index in [1.54, 1.807) is 49.3 Å². The zero-order valence-electron chi connectivity index (χ0n) is 14.0. The first-order valence-corrected chi connectivity index (χ1v) is 9.26. The van der Waals surface area contributed by atoms with Gasteiger partial charge in [0.1, 0.15) is 16.7 Å². The number of hydrogen-bond acceptors (Lipinski definition) is 5. The highest BCUT2D eigenvalue weighted by Crippen LogP contribution is 2.26. The van der Waals surface area contributed by atoms with E-state index in [2.05, 4.69) is 4.98 Å². The summed E-state index contributed by atoms with van der Waals surface area (Å²) in [6.45, 7) is 2.11. The van der Waals surface area contributed by atoms with E-state index in [0.29, 0.717) is 5.75 Å². The van der Waals surface area contributed by atoms with E-state index in [9.17, 15) is 13.2 Å². The van der Waals surface area contributed by atoms with Crippen molar-refractivity contribution in [2.24, 2.45) is 0 Å². The molecule has 25 heavy (non-hydrogen) atoms. The summed E-state index contributed by atoms with van der Waals surface area (Å²) in [5, 5.41) is 0. The molecular weight excluding hydrogens is 342 g/mol. The number of amides is 1. The second kappa shape index (κ2) is 6.81. The number of ether oxygens (including phenoxy) is 1. The molecule has 1 unspecified atom stereocenters. The van der Waals surface area contributed by atoms with Crippen molar-refractivity contribution in [2.75, 3.05) is 25.1 Å². The first kappa shape index (κ1) is 17.4. The van der Waals surface area contributed by atoms with Crippen LogP contribution in [0, 0.1) is 0 Å². The molecule has 2 heterocycles. The van der Waals surface area contributed by atoms with Crippen LogP contribution >= 0.6 is 0 Å². The Balaban J connectivity index is 1.84. The van der Waals surface area contributed by atoms with Crippen molar-refractivity contribution in [1.29, 1.82) is 0 Å². The monoisotopic (exact) mass is 361 g/mol. The fraction of sp³-hybridized carbons (Fsp3) is 0.294. The SMILES string of the molecule is COc1ccc(N2CCN(S(=O)(=O)c3cccnc3)C(C)C2=O)cc1. The van der Waals surface area contributed by atoms with E-state index in [-0.39, 0.29) is 23.9 Å². The molecule has 1 aliphatic heterocycles. The average molecular weight is 361 g/mol. The Bertz CT molecular complexity index is 853. The van der Waals surface area contributed by atoms with Gasteiger partial charge in [0.15, 0.2) is 0 Å². The molecule has 7 nitrogen and oxygen atoms in total. The second-order valence-electron chi connectivity index (χ2n) is 5.67. The summed E-state index contributed by atoms with van der Waals surface area (Å²) in [6, 6.07) is 9.37. The van der Waals surface area contributed by atoms with Gasteiger partial charge in [0.2, 0.25) is 15.9 Å². The van der Waals surface area contributed by atoms with Gasteiger partial charge < -0.3 is 9.64 Å². The van der Waals surface area contributed by atoms with Gasteiger partial charge in [0.25, 0.3) is 0 Å². The summed E-state index contributed by atoms with van der Waals surface area (Å²) < 4.78 is 31.9. The number of benzene rings is 1. The fourth-order valence-electron chi connectivity index (χ4n) is 2.83. The van der Waals surface area contributed by atoms with Gasteiger partial charge in [-0.2, -0.15) is 4.31 Å². The van der Waals surface area contributed by atoms with Crippen LogP contribution in [-0.2, 0) is 14.8 Å². The number of sulfonamides is 1.